The summed E-state index contributed by atoms with van der Waals surface area (Å²) in [6, 6.07) is 9.06. The molecule has 1 rings (SSSR count). The van der Waals surface area contributed by atoms with Crippen molar-refractivity contribution in [2.24, 2.45) is 5.73 Å². The zero-order valence-corrected chi connectivity index (χ0v) is 10.0. The topological polar surface area (TPSA) is 52.3 Å². The molecule has 0 radical (unpaired) electrons. The van der Waals surface area contributed by atoms with E-state index in [1.165, 1.54) is 7.11 Å². The molecule has 0 aliphatic rings. The number of rotatable bonds is 3. The number of nitrogens with two attached hydrogens (primary N) is 1. The summed E-state index contributed by atoms with van der Waals surface area (Å²) < 4.78 is 4.52. The summed E-state index contributed by atoms with van der Waals surface area (Å²) >= 11 is 0. The average molecular weight is 252 g/mol. The van der Waals surface area contributed by atoms with E-state index in [1.807, 2.05) is 30.3 Å². The molecule has 1 aromatic carbocycles. The Morgan fingerprint density at radius 3 is 2.33 bits per heavy atom. The minimum atomic E-state index is -0.563. The summed E-state index contributed by atoms with van der Waals surface area (Å²) in [4.78, 5) is 11.0. The van der Waals surface area contributed by atoms with Crippen molar-refractivity contribution in [3.8, 4) is 0 Å². The first kappa shape index (κ1) is 16.7. The van der Waals surface area contributed by atoms with Gasteiger partial charge in [0.2, 0.25) is 0 Å². The van der Waals surface area contributed by atoms with Crippen molar-refractivity contribution in [3.63, 3.8) is 0 Å². The van der Waals surface area contributed by atoms with E-state index in [1.54, 1.807) is 0 Å². The van der Waals surface area contributed by atoms with Gasteiger partial charge in [0.05, 0.1) is 7.11 Å². The molecule has 0 fully saturated rings. The minimum Gasteiger partial charge on any atom is -0.468 e. The number of methoxy groups -OCH3 is 1. The molecular weight excluding hydrogens is 237 g/mol. The Hall–Kier alpha value is -0.770. The lowest BCUT2D eigenvalue weighted by molar-refractivity contribution is -0.142. The highest BCUT2D eigenvalue weighted by molar-refractivity contribution is 5.85. The Labute approximate surface area is 102 Å². The van der Waals surface area contributed by atoms with Gasteiger partial charge in [-0.2, -0.15) is 0 Å². The quantitative estimate of drug-likeness (QED) is 0.831. The molecule has 0 amide bonds. The molecule has 0 bridgehead atoms. The number of hydrogen-bond donors (Lipinski definition) is 1. The van der Waals surface area contributed by atoms with Gasteiger partial charge in [0.1, 0.15) is 6.04 Å². The van der Waals surface area contributed by atoms with Gasteiger partial charge in [0.25, 0.3) is 0 Å². The Morgan fingerprint density at radius 1 is 1.33 bits per heavy atom. The molecule has 15 heavy (non-hydrogen) atoms. The maximum Gasteiger partial charge on any atom is 0.322 e. The van der Waals surface area contributed by atoms with Gasteiger partial charge in [-0.05, 0) is 12.0 Å². The highest BCUT2D eigenvalue weighted by atomic mass is 35.5. The Balaban J connectivity index is 0. The van der Waals surface area contributed by atoms with Crippen molar-refractivity contribution in [1.29, 1.82) is 0 Å². The first-order valence-electron chi connectivity index (χ1n) is 4.11. The van der Waals surface area contributed by atoms with Crippen molar-refractivity contribution in [1.82, 2.24) is 0 Å². The van der Waals surface area contributed by atoms with E-state index in [9.17, 15) is 4.79 Å². The largest absolute Gasteiger partial charge is 0.468 e. The van der Waals surface area contributed by atoms with Crippen LogP contribution in [0.15, 0.2) is 30.3 Å². The van der Waals surface area contributed by atoms with E-state index >= 15 is 0 Å². The normalized spacial score (nSPS) is 10.5. The van der Waals surface area contributed by atoms with Gasteiger partial charge < -0.3 is 10.5 Å². The van der Waals surface area contributed by atoms with Crippen LogP contribution in [0.25, 0.3) is 0 Å². The molecule has 0 aliphatic heterocycles. The summed E-state index contributed by atoms with van der Waals surface area (Å²) in [5.41, 5.74) is 6.63. The molecule has 0 spiro atoms. The summed E-state index contributed by atoms with van der Waals surface area (Å²) in [6.45, 7) is 0. The predicted molar refractivity (Wildman–Crippen MR) is 64.6 cm³/mol. The number of halogens is 2. The lowest BCUT2D eigenvalue weighted by atomic mass is 10.1. The lowest BCUT2D eigenvalue weighted by Gasteiger charge is -2.08. The van der Waals surface area contributed by atoms with Crippen molar-refractivity contribution < 1.29 is 9.53 Å². The van der Waals surface area contributed by atoms with E-state index in [0.29, 0.717) is 6.42 Å². The molecule has 0 heterocycles. The van der Waals surface area contributed by atoms with E-state index in [2.05, 4.69) is 4.74 Å². The van der Waals surface area contributed by atoms with Crippen molar-refractivity contribution in [3.05, 3.63) is 35.9 Å². The van der Waals surface area contributed by atoms with Crippen LogP contribution in [-0.2, 0) is 16.0 Å². The second-order valence-electron chi connectivity index (χ2n) is 2.82. The van der Waals surface area contributed by atoms with Crippen LogP contribution >= 0.6 is 24.8 Å². The first-order chi connectivity index (χ1) is 6.24. The van der Waals surface area contributed by atoms with Crippen LogP contribution in [0.4, 0.5) is 0 Å². The molecule has 0 saturated carbocycles. The summed E-state index contributed by atoms with van der Waals surface area (Å²) in [6.07, 6.45) is 0.521. The summed E-state index contributed by atoms with van der Waals surface area (Å²) in [7, 11) is 1.34. The van der Waals surface area contributed by atoms with Crippen LogP contribution in [0.2, 0.25) is 0 Å². The fraction of sp³-hybridized carbons (Fsp3) is 0.300. The van der Waals surface area contributed by atoms with Crippen molar-refractivity contribution >= 4 is 30.8 Å². The summed E-state index contributed by atoms with van der Waals surface area (Å²) in [5.74, 6) is -0.371. The van der Waals surface area contributed by atoms with Gasteiger partial charge in [-0.3, -0.25) is 4.79 Å². The molecule has 1 aromatic rings. The molecule has 2 N–H and O–H groups in total. The number of carbonyl (C=O) groups excluding carboxylic acids is 1. The molecule has 0 saturated heterocycles. The predicted octanol–water partition coefficient (Wildman–Crippen LogP) is 1.57. The number of benzene rings is 1. The fourth-order valence-corrected chi connectivity index (χ4v) is 1.10. The van der Waals surface area contributed by atoms with Crippen molar-refractivity contribution in [2.45, 2.75) is 12.5 Å². The van der Waals surface area contributed by atoms with Crippen LogP contribution < -0.4 is 5.73 Å². The molecule has 0 unspecified atom stereocenters. The van der Waals surface area contributed by atoms with E-state index in [-0.39, 0.29) is 30.8 Å². The van der Waals surface area contributed by atoms with Crippen LogP contribution in [0.1, 0.15) is 5.56 Å². The molecule has 1 atom stereocenters. The third kappa shape index (κ3) is 5.62. The smallest absolute Gasteiger partial charge is 0.322 e. The highest BCUT2D eigenvalue weighted by Gasteiger charge is 2.13. The van der Waals surface area contributed by atoms with Gasteiger partial charge in [-0.15, -0.1) is 24.8 Å². The SMILES string of the molecule is COC(=O)[C@H](N)Cc1ccccc1.Cl.Cl. The Bertz CT molecular complexity index is 280. The number of esters is 1. The molecule has 5 heteroatoms. The van der Waals surface area contributed by atoms with Gasteiger partial charge in [-0.1, -0.05) is 30.3 Å². The van der Waals surface area contributed by atoms with Crippen LogP contribution in [0, 0.1) is 0 Å². The standard InChI is InChI=1S/C10H13NO2.2ClH/c1-13-10(12)9(11)7-8-5-3-2-4-6-8;;/h2-6,9H,7,11H2,1H3;2*1H/t9-;;/m1../s1. The van der Waals surface area contributed by atoms with Crippen LogP contribution in [0.5, 0.6) is 0 Å². The minimum absolute atomic E-state index is 0. The number of carbonyl (C=O) groups is 1. The van der Waals surface area contributed by atoms with E-state index in [0.717, 1.165) is 5.56 Å². The monoisotopic (exact) mass is 251 g/mol. The molecular formula is C10H15Cl2NO2. The Morgan fingerprint density at radius 2 is 1.87 bits per heavy atom. The molecule has 0 aliphatic carbocycles. The second-order valence-corrected chi connectivity index (χ2v) is 2.82. The zero-order chi connectivity index (χ0) is 9.68. The van der Waals surface area contributed by atoms with Gasteiger partial charge in [0.15, 0.2) is 0 Å². The van der Waals surface area contributed by atoms with Gasteiger partial charge >= 0.3 is 5.97 Å². The maximum absolute atomic E-state index is 11.0. The number of ether oxygens (including phenoxy) is 1. The average Bonchev–Trinajstić information content (AvgIpc) is 2.18. The van der Waals surface area contributed by atoms with Gasteiger partial charge in [-0.25, -0.2) is 0 Å². The van der Waals surface area contributed by atoms with E-state index in [4.69, 9.17) is 5.73 Å². The first-order valence-corrected chi connectivity index (χ1v) is 4.11. The zero-order valence-electron chi connectivity index (χ0n) is 8.38. The van der Waals surface area contributed by atoms with E-state index < -0.39 is 6.04 Å². The molecule has 0 aromatic heterocycles. The molecule has 86 valence electrons. The third-order valence-corrected chi connectivity index (χ3v) is 1.80. The van der Waals surface area contributed by atoms with Gasteiger partial charge in [0, 0.05) is 0 Å². The fourth-order valence-electron chi connectivity index (χ4n) is 1.10. The highest BCUT2D eigenvalue weighted by Crippen LogP contribution is 2.02. The Kier molecular flexibility index (Phi) is 9.47. The maximum atomic E-state index is 11.0. The number of hydrogen-bond acceptors (Lipinski definition) is 3. The lowest BCUT2D eigenvalue weighted by Crippen LogP contribution is -2.33. The van der Waals surface area contributed by atoms with Crippen LogP contribution in [-0.4, -0.2) is 19.1 Å². The summed E-state index contributed by atoms with van der Waals surface area (Å²) in [5, 5.41) is 0. The second kappa shape index (κ2) is 8.53. The molecule has 3 nitrogen and oxygen atoms in total. The van der Waals surface area contributed by atoms with Crippen LogP contribution in [0.3, 0.4) is 0 Å². The van der Waals surface area contributed by atoms with Crippen molar-refractivity contribution in [2.75, 3.05) is 7.11 Å². The third-order valence-electron chi connectivity index (χ3n) is 1.80.